The molecule has 1 atom stereocenters. The molecule has 0 amide bonds. The summed E-state index contributed by atoms with van der Waals surface area (Å²) in [7, 11) is 1.96. The van der Waals surface area contributed by atoms with Gasteiger partial charge in [0.1, 0.15) is 5.82 Å². The van der Waals surface area contributed by atoms with Crippen LogP contribution in [0.3, 0.4) is 0 Å². The lowest BCUT2D eigenvalue weighted by atomic mass is 10.0. The van der Waals surface area contributed by atoms with Crippen LogP contribution in [0.5, 0.6) is 0 Å². The number of hydrogen-bond acceptors (Lipinski definition) is 3. The van der Waals surface area contributed by atoms with Crippen LogP contribution < -0.4 is 10.2 Å². The molecule has 0 spiro atoms. The highest BCUT2D eigenvalue weighted by atomic mass is 32.2. The van der Waals surface area contributed by atoms with E-state index in [-0.39, 0.29) is 11.9 Å². The van der Waals surface area contributed by atoms with E-state index in [1.165, 1.54) is 6.07 Å². The zero-order chi connectivity index (χ0) is 13.5. The van der Waals surface area contributed by atoms with Crippen LogP contribution in [0.2, 0.25) is 0 Å². The molecule has 18 heavy (non-hydrogen) atoms. The van der Waals surface area contributed by atoms with Crippen LogP contribution >= 0.6 is 11.8 Å². The summed E-state index contributed by atoms with van der Waals surface area (Å²) in [6.45, 7) is 5.87. The predicted molar refractivity (Wildman–Crippen MR) is 80.1 cm³/mol. The summed E-state index contributed by atoms with van der Waals surface area (Å²) >= 11 is 1.78. The van der Waals surface area contributed by atoms with E-state index >= 15 is 0 Å². The molecular weight excluding hydrogens is 247 g/mol. The van der Waals surface area contributed by atoms with Gasteiger partial charge >= 0.3 is 0 Å². The Morgan fingerprint density at radius 3 is 2.78 bits per heavy atom. The van der Waals surface area contributed by atoms with Crippen molar-refractivity contribution in [1.82, 2.24) is 5.32 Å². The zero-order valence-corrected chi connectivity index (χ0v) is 12.5. The first-order valence-corrected chi connectivity index (χ1v) is 7.73. The number of nitrogens with one attached hydrogen (secondary N) is 1. The van der Waals surface area contributed by atoms with Gasteiger partial charge < -0.3 is 10.2 Å². The molecule has 0 aromatic heterocycles. The minimum Gasteiger partial charge on any atom is -0.371 e. The summed E-state index contributed by atoms with van der Waals surface area (Å²) in [5.41, 5.74) is 1.75. The molecule has 0 bridgehead atoms. The van der Waals surface area contributed by atoms with E-state index in [1.54, 1.807) is 17.8 Å². The molecule has 0 aliphatic carbocycles. The first-order chi connectivity index (χ1) is 8.61. The number of halogens is 1. The molecule has 0 heterocycles. The number of para-hydroxylation sites is 1. The monoisotopic (exact) mass is 270 g/mol. The summed E-state index contributed by atoms with van der Waals surface area (Å²) in [5, 5.41) is 3.34. The standard InChI is InChI=1S/C14H23FN2S/c1-5-16-11(2)12-7-6-8-13(15)14(12)17(3)9-10-18-4/h6-8,11,16H,5,9-10H2,1-4H3. The lowest BCUT2D eigenvalue weighted by Crippen LogP contribution is -2.26. The van der Waals surface area contributed by atoms with Gasteiger partial charge in [-0.3, -0.25) is 0 Å². The van der Waals surface area contributed by atoms with Crippen LogP contribution in [0.4, 0.5) is 10.1 Å². The van der Waals surface area contributed by atoms with E-state index in [2.05, 4.69) is 25.4 Å². The van der Waals surface area contributed by atoms with Crippen molar-refractivity contribution in [1.29, 1.82) is 0 Å². The largest absolute Gasteiger partial charge is 0.371 e. The van der Waals surface area contributed by atoms with Gasteiger partial charge in [0.05, 0.1) is 5.69 Å². The Kier molecular flexibility index (Phi) is 6.50. The van der Waals surface area contributed by atoms with Gasteiger partial charge in [0.2, 0.25) is 0 Å². The molecule has 1 aromatic rings. The molecule has 1 rings (SSSR count). The Labute approximate surface area is 114 Å². The molecule has 0 saturated carbocycles. The third-order valence-corrected chi connectivity index (χ3v) is 3.60. The number of nitrogens with zero attached hydrogens (tertiary/aromatic N) is 1. The minimum absolute atomic E-state index is 0.138. The fourth-order valence-electron chi connectivity index (χ4n) is 2.04. The molecule has 4 heteroatoms. The summed E-state index contributed by atoms with van der Waals surface area (Å²) < 4.78 is 14.1. The van der Waals surface area contributed by atoms with Gasteiger partial charge in [0, 0.05) is 25.4 Å². The van der Waals surface area contributed by atoms with Crippen LogP contribution in [-0.4, -0.2) is 32.1 Å². The van der Waals surface area contributed by atoms with Crippen molar-refractivity contribution >= 4 is 17.4 Å². The maximum absolute atomic E-state index is 14.1. The molecule has 0 aliphatic rings. The van der Waals surface area contributed by atoms with Gasteiger partial charge in [0.15, 0.2) is 0 Å². The Hall–Kier alpha value is -0.740. The lowest BCUT2D eigenvalue weighted by molar-refractivity contribution is 0.580. The van der Waals surface area contributed by atoms with Gasteiger partial charge in [-0.15, -0.1) is 0 Å². The summed E-state index contributed by atoms with van der Waals surface area (Å²) in [4.78, 5) is 2.01. The topological polar surface area (TPSA) is 15.3 Å². The highest BCUT2D eigenvalue weighted by molar-refractivity contribution is 7.98. The predicted octanol–water partition coefficient (Wildman–Crippen LogP) is 3.30. The van der Waals surface area contributed by atoms with E-state index in [1.807, 2.05) is 18.0 Å². The second-order valence-corrected chi connectivity index (χ2v) is 5.36. The second-order valence-electron chi connectivity index (χ2n) is 4.37. The molecule has 0 saturated heterocycles. The summed E-state index contributed by atoms with van der Waals surface area (Å²) in [5.74, 6) is 0.862. The van der Waals surface area contributed by atoms with Gasteiger partial charge in [-0.25, -0.2) is 4.39 Å². The van der Waals surface area contributed by atoms with Crippen LogP contribution in [0.25, 0.3) is 0 Å². The molecule has 0 aliphatic heterocycles. The Morgan fingerprint density at radius 1 is 1.44 bits per heavy atom. The molecule has 2 nitrogen and oxygen atoms in total. The summed E-state index contributed by atoms with van der Waals surface area (Å²) in [6.07, 6.45) is 2.07. The van der Waals surface area contributed by atoms with E-state index in [4.69, 9.17) is 0 Å². The van der Waals surface area contributed by atoms with E-state index < -0.39 is 0 Å². The number of hydrogen-bond donors (Lipinski definition) is 1. The molecule has 0 fully saturated rings. The SMILES string of the molecule is CCNC(C)c1cccc(F)c1N(C)CCSC. The molecule has 0 radical (unpaired) electrons. The molecule has 1 unspecified atom stereocenters. The van der Waals surface area contributed by atoms with E-state index in [0.717, 1.165) is 30.1 Å². The van der Waals surface area contributed by atoms with Crippen molar-refractivity contribution in [3.05, 3.63) is 29.6 Å². The zero-order valence-electron chi connectivity index (χ0n) is 11.7. The first kappa shape index (κ1) is 15.3. The molecular formula is C14H23FN2S. The second kappa shape index (κ2) is 7.64. The lowest BCUT2D eigenvalue weighted by Gasteiger charge is -2.25. The van der Waals surface area contributed by atoms with Gasteiger partial charge in [-0.2, -0.15) is 11.8 Å². The number of rotatable bonds is 7. The van der Waals surface area contributed by atoms with E-state index in [0.29, 0.717) is 0 Å². The van der Waals surface area contributed by atoms with Crippen molar-refractivity contribution < 1.29 is 4.39 Å². The smallest absolute Gasteiger partial charge is 0.146 e. The number of anilines is 1. The molecule has 1 N–H and O–H groups in total. The van der Waals surface area contributed by atoms with Crippen molar-refractivity contribution in [2.75, 3.05) is 37.0 Å². The van der Waals surface area contributed by atoms with Crippen LogP contribution in [0, 0.1) is 5.82 Å². The van der Waals surface area contributed by atoms with Crippen molar-refractivity contribution in [2.45, 2.75) is 19.9 Å². The van der Waals surface area contributed by atoms with Crippen molar-refractivity contribution in [3.63, 3.8) is 0 Å². The Bertz CT molecular complexity index is 371. The van der Waals surface area contributed by atoms with Gasteiger partial charge in [-0.05, 0) is 31.4 Å². The minimum atomic E-state index is -0.138. The molecule has 102 valence electrons. The normalized spacial score (nSPS) is 12.5. The number of benzene rings is 1. The quantitative estimate of drug-likeness (QED) is 0.818. The number of thioether (sulfide) groups is 1. The highest BCUT2D eigenvalue weighted by Crippen LogP contribution is 2.28. The van der Waals surface area contributed by atoms with Crippen LogP contribution in [0.1, 0.15) is 25.5 Å². The van der Waals surface area contributed by atoms with Crippen LogP contribution in [-0.2, 0) is 0 Å². The maximum atomic E-state index is 14.1. The fourth-order valence-corrected chi connectivity index (χ4v) is 2.50. The van der Waals surface area contributed by atoms with Crippen molar-refractivity contribution in [2.24, 2.45) is 0 Å². The Morgan fingerprint density at radius 2 is 2.17 bits per heavy atom. The van der Waals surface area contributed by atoms with Crippen LogP contribution in [0.15, 0.2) is 18.2 Å². The van der Waals surface area contributed by atoms with E-state index in [9.17, 15) is 4.39 Å². The third-order valence-electron chi connectivity index (χ3n) is 3.01. The van der Waals surface area contributed by atoms with Gasteiger partial charge in [-0.1, -0.05) is 19.1 Å². The third kappa shape index (κ3) is 3.89. The average Bonchev–Trinajstić information content (AvgIpc) is 2.35. The molecule has 1 aromatic carbocycles. The maximum Gasteiger partial charge on any atom is 0.146 e. The first-order valence-electron chi connectivity index (χ1n) is 6.33. The van der Waals surface area contributed by atoms with Crippen molar-refractivity contribution in [3.8, 4) is 0 Å². The average molecular weight is 270 g/mol. The highest BCUT2D eigenvalue weighted by Gasteiger charge is 2.16. The van der Waals surface area contributed by atoms with Gasteiger partial charge in [0.25, 0.3) is 0 Å². The summed E-state index contributed by atoms with van der Waals surface area (Å²) in [6, 6.07) is 5.48. The Balaban J connectivity index is 2.99. The fraction of sp³-hybridized carbons (Fsp3) is 0.571.